The van der Waals surface area contributed by atoms with Gasteiger partial charge in [-0.2, -0.15) is 0 Å². The predicted octanol–water partition coefficient (Wildman–Crippen LogP) is 2.84. The highest BCUT2D eigenvalue weighted by molar-refractivity contribution is 6.30. The average Bonchev–Trinajstić information content (AvgIpc) is 2.47. The van der Waals surface area contributed by atoms with Gasteiger partial charge in [0.2, 0.25) is 0 Å². The molecule has 3 N–H and O–H groups in total. The van der Waals surface area contributed by atoms with Crippen molar-refractivity contribution in [1.29, 1.82) is 0 Å². The lowest BCUT2D eigenvalue weighted by Crippen LogP contribution is -2.30. The van der Waals surface area contributed by atoms with E-state index in [9.17, 15) is 9.59 Å². The van der Waals surface area contributed by atoms with Crippen LogP contribution < -0.4 is 15.8 Å². The molecule has 6 heteroatoms. The van der Waals surface area contributed by atoms with Crippen molar-refractivity contribution in [2.24, 2.45) is 5.73 Å². The number of nitrogens with two attached hydrogens (primary N) is 1. The van der Waals surface area contributed by atoms with Gasteiger partial charge in [-0.05, 0) is 37.3 Å². The lowest BCUT2D eigenvalue weighted by Gasteiger charge is -2.16. The summed E-state index contributed by atoms with van der Waals surface area (Å²) < 4.78 is 5.53. The summed E-state index contributed by atoms with van der Waals surface area (Å²) in [7, 11) is 0. The Hall–Kier alpha value is -2.53. The first-order chi connectivity index (χ1) is 10.5. The molecule has 2 rings (SSSR count). The summed E-state index contributed by atoms with van der Waals surface area (Å²) in [5, 5.41) is 3.21. The average molecular weight is 319 g/mol. The van der Waals surface area contributed by atoms with Crippen LogP contribution in [-0.2, 0) is 4.79 Å². The number of anilines is 1. The first-order valence-corrected chi connectivity index (χ1v) is 6.97. The molecule has 0 spiro atoms. The summed E-state index contributed by atoms with van der Waals surface area (Å²) in [6.45, 7) is 1.58. The van der Waals surface area contributed by atoms with E-state index in [2.05, 4.69) is 5.32 Å². The minimum Gasteiger partial charge on any atom is -0.480 e. The van der Waals surface area contributed by atoms with Crippen LogP contribution >= 0.6 is 11.6 Å². The quantitative estimate of drug-likeness (QED) is 0.889. The highest BCUT2D eigenvalue weighted by atomic mass is 35.5. The molecule has 2 aromatic rings. The number of carbonyl (C=O) groups is 2. The monoisotopic (exact) mass is 318 g/mol. The van der Waals surface area contributed by atoms with E-state index in [-0.39, 0.29) is 17.2 Å². The molecule has 114 valence electrons. The number of benzene rings is 2. The molecule has 1 atom stereocenters. The number of nitrogens with one attached hydrogen (secondary N) is 1. The van der Waals surface area contributed by atoms with Gasteiger partial charge in [-0.15, -0.1) is 0 Å². The van der Waals surface area contributed by atoms with Crippen LogP contribution in [0.2, 0.25) is 5.02 Å². The Bertz CT molecular complexity index is 703. The fourth-order valence-electron chi connectivity index (χ4n) is 1.83. The van der Waals surface area contributed by atoms with E-state index in [1.54, 1.807) is 55.5 Å². The summed E-state index contributed by atoms with van der Waals surface area (Å²) in [6, 6.07) is 13.3. The predicted molar refractivity (Wildman–Crippen MR) is 85.1 cm³/mol. The number of hydrogen-bond donors (Lipinski definition) is 2. The van der Waals surface area contributed by atoms with Crippen LogP contribution in [-0.4, -0.2) is 17.9 Å². The van der Waals surface area contributed by atoms with Gasteiger partial charge in [-0.25, -0.2) is 0 Å². The normalized spacial score (nSPS) is 11.5. The van der Waals surface area contributed by atoms with Crippen LogP contribution in [0.15, 0.2) is 48.5 Å². The molecule has 0 radical (unpaired) electrons. The summed E-state index contributed by atoms with van der Waals surface area (Å²) in [6.07, 6.45) is -0.806. The van der Waals surface area contributed by atoms with E-state index < -0.39 is 12.0 Å². The Morgan fingerprint density at radius 1 is 1.18 bits per heavy atom. The van der Waals surface area contributed by atoms with Gasteiger partial charge >= 0.3 is 0 Å². The molecule has 5 nitrogen and oxygen atoms in total. The third-order valence-electron chi connectivity index (χ3n) is 2.92. The second-order valence-electron chi connectivity index (χ2n) is 4.62. The lowest BCUT2D eigenvalue weighted by atomic mass is 10.2. The van der Waals surface area contributed by atoms with Crippen molar-refractivity contribution in [1.82, 2.24) is 0 Å². The minimum atomic E-state index is -0.806. The van der Waals surface area contributed by atoms with Crippen LogP contribution in [0.25, 0.3) is 0 Å². The largest absolute Gasteiger partial charge is 0.480 e. The molecule has 0 aromatic heterocycles. The second kappa shape index (κ2) is 6.95. The molecule has 22 heavy (non-hydrogen) atoms. The fraction of sp³-hybridized carbons (Fsp3) is 0.125. The Labute approximate surface area is 133 Å². The molecule has 0 unspecified atom stereocenters. The molecule has 0 aliphatic carbocycles. The van der Waals surface area contributed by atoms with Gasteiger partial charge in [-0.1, -0.05) is 29.8 Å². The van der Waals surface area contributed by atoms with Gasteiger partial charge in [0.25, 0.3) is 11.8 Å². The number of halogens is 1. The second-order valence-corrected chi connectivity index (χ2v) is 5.06. The first-order valence-electron chi connectivity index (χ1n) is 6.59. The zero-order valence-electron chi connectivity index (χ0n) is 11.9. The molecule has 0 aliphatic rings. The summed E-state index contributed by atoms with van der Waals surface area (Å²) in [5.41, 5.74) is 6.07. The zero-order chi connectivity index (χ0) is 16.1. The fourth-order valence-corrected chi connectivity index (χ4v) is 2.02. The third-order valence-corrected chi connectivity index (χ3v) is 3.15. The summed E-state index contributed by atoms with van der Waals surface area (Å²) in [5.74, 6) is -0.705. The van der Waals surface area contributed by atoms with Gasteiger partial charge in [-0.3, -0.25) is 9.59 Å². The Balaban J connectivity index is 2.07. The maximum absolute atomic E-state index is 12.1. The maximum atomic E-state index is 12.1. The third kappa shape index (κ3) is 3.99. The van der Waals surface area contributed by atoms with E-state index in [1.165, 1.54) is 0 Å². The minimum absolute atomic E-state index is 0.227. The molecule has 0 saturated heterocycles. The Morgan fingerprint density at radius 2 is 1.91 bits per heavy atom. The van der Waals surface area contributed by atoms with Crippen molar-refractivity contribution in [3.63, 3.8) is 0 Å². The highest BCUT2D eigenvalue weighted by Gasteiger charge is 2.18. The van der Waals surface area contributed by atoms with Crippen LogP contribution in [0.4, 0.5) is 5.69 Å². The SMILES string of the molecule is C[C@@H](Oc1ccccc1C(N)=O)C(=O)Nc1cccc(Cl)c1. The smallest absolute Gasteiger partial charge is 0.265 e. The van der Waals surface area contributed by atoms with Crippen LogP contribution in [0.1, 0.15) is 17.3 Å². The molecule has 2 aromatic carbocycles. The van der Waals surface area contributed by atoms with Crippen molar-refractivity contribution in [3.05, 3.63) is 59.1 Å². The number of para-hydroxylation sites is 1. The van der Waals surface area contributed by atoms with Gasteiger partial charge in [0.05, 0.1) is 5.56 Å². The van der Waals surface area contributed by atoms with Crippen molar-refractivity contribution in [3.8, 4) is 5.75 Å². The standard InChI is InChI=1S/C16H15ClN2O3/c1-10(16(21)19-12-6-4-5-11(17)9-12)22-14-8-3-2-7-13(14)15(18)20/h2-10H,1H3,(H2,18,20)(H,19,21)/t10-/m1/s1. The molecular formula is C16H15ClN2O3. The Morgan fingerprint density at radius 3 is 2.59 bits per heavy atom. The van der Waals surface area contributed by atoms with Gasteiger partial charge in [0, 0.05) is 10.7 Å². The molecular weight excluding hydrogens is 304 g/mol. The van der Waals surface area contributed by atoms with E-state index in [4.69, 9.17) is 22.1 Å². The van der Waals surface area contributed by atoms with E-state index >= 15 is 0 Å². The summed E-state index contributed by atoms with van der Waals surface area (Å²) >= 11 is 5.86. The van der Waals surface area contributed by atoms with Crippen molar-refractivity contribution in [2.45, 2.75) is 13.0 Å². The van der Waals surface area contributed by atoms with Crippen LogP contribution in [0.3, 0.4) is 0 Å². The number of carbonyl (C=O) groups excluding carboxylic acids is 2. The first kappa shape index (κ1) is 15.9. The number of amides is 2. The number of ether oxygens (including phenoxy) is 1. The molecule has 0 aliphatic heterocycles. The van der Waals surface area contributed by atoms with Gasteiger partial charge in [0.1, 0.15) is 5.75 Å². The zero-order valence-corrected chi connectivity index (χ0v) is 12.6. The summed E-state index contributed by atoms with van der Waals surface area (Å²) in [4.78, 5) is 23.4. The van der Waals surface area contributed by atoms with Gasteiger partial charge in [0.15, 0.2) is 6.10 Å². The molecule has 2 amide bonds. The number of primary amides is 1. The van der Waals surface area contributed by atoms with Gasteiger partial charge < -0.3 is 15.8 Å². The van der Waals surface area contributed by atoms with Crippen molar-refractivity contribution in [2.75, 3.05) is 5.32 Å². The topological polar surface area (TPSA) is 81.4 Å². The van der Waals surface area contributed by atoms with E-state index in [0.717, 1.165) is 0 Å². The molecule has 0 saturated carbocycles. The number of rotatable bonds is 5. The van der Waals surface area contributed by atoms with Crippen LogP contribution in [0, 0.1) is 0 Å². The lowest BCUT2D eigenvalue weighted by molar-refractivity contribution is -0.122. The Kier molecular flexibility index (Phi) is 5.01. The highest BCUT2D eigenvalue weighted by Crippen LogP contribution is 2.20. The maximum Gasteiger partial charge on any atom is 0.265 e. The van der Waals surface area contributed by atoms with Crippen molar-refractivity contribution < 1.29 is 14.3 Å². The van der Waals surface area contributed by atoms with E-state index in [0.29, 0.717) is 10.7 Å². The van der Waals surface area contributed by atoms with Crippen molar-refractivity contribution >= 4 is 29.1 Å². The molecule has 0 bridgehead atoms. The molecule has 0 heterocycles. The van der Waals surface area contributed by atoms with Crippen LogP contribution in [0.5, 0.6) is 5.75 Å². The number of hydrogen-bond acceptors (Lipinski definition) is 3. The van der Waals surface area contributed by atoms with E-state index in [1.807, 2.05) is 0 Å². The molecule has 0 fully saturated rings.